The molecule has 2 fully saturated rings. The summed E-state index contributed by atoms with van der Waals surface area (Å²) in [5.74, 6) is -0.528. The second kappa shape index (κ2) is 16.6. The molecular formula is C40H55FN4O5. The van der Waals surface area contributed by atoms with Gasteiger partial charge in [-0.3, -0.25) is 14.4 Å². The van der Waals surface area contributed by atoms with Gasteiger partial charge in [0.1, 0.15) is 24.9 Å². The van der Waals surface area contributed by atoms with Crippen molar-refractivity contribution in [2.45, 2.75) is 117 Å². The number of likely N-dealkylation sites (N-methyl/N-ethyl adjacent to an activating group) is 1. The molecule has 4 N–H and O–H groups in total. The molecule has 5 rings (SSSR count). The molecule has 0 spiro atoms. The highest BCUT2D eigenvalue weighted by molar-refractivity contribution is 5.96. The summed E-state index contributed by atoms with van der Waals surface area (Å²) in [5.41, 5.74) is 7.82. The van der Waals surface area contributed by atoms with Crippen molar-refractivity contribution in [2.24, 2.45) is 17.8 Å². The minimum Gasteiger partial charge on any atom is -0.374 e. The van der Waals surface area contributed by atoms with Crippen LogP contribution in [0.3, 0.4) is 0 Å². The third kappa shape index (κ3) is 8.45. The van der Waals surface area contributed by atoms with E-state index in [1.807, 2.05) is 26.8 Å². The molecule has 0 radical (unpaired) electrons. The van der Waals surface area contributed by atoms with Crippen LogP contribution in [0.1, 0.15) is 102 Å². The van der Waals surface area contributed by atoms with Crippen LogP contribution in [0.25, 0.3) is 5.57 Å². The number of hydrogen-bond donors (Lipinski definition) is 4. The Balaban J connectivity index is 1.56. The number of ether oxygens (including phenoxy) is 1. The van der Waals surface area contributed by atoms with Crippen molar-refractivity contribution in [3.63, 3.8) is 0 Å². The lowest BCUT2D eigenvalue weighted by Crippen LogP contribution is -2.48. The van der Waals surface area contributed by atoms with Crippen LogP contribution >= 0.6 is 0 Å². The van der Waals surface area contributed by atoms with Gasteiger partial charge in [-0.2, -0.15) is 0 Å². The van der Waals surface area contributed by atoms with Crippen molar-refractivity contribution in [2.75, 3.05) is 25.6 Å². The standard InChI is InChI=1S/C40H55FN4O5/c1-7-9-29-37-33(45-40(49)39(27-12-13-27)50-21-43-35(48)19-42-6)15-14-28-23(4)32(41)18-34(36(28)37)44-38(29)22(3)16-31(26(8-2)20-46)30(24(5)47)17-25-10-11-25/h16,18,20,25-27,33,38-39,42,44H,7-15,17,19,21H2,1-6H3,(H,43,48)(H,45,49)/b22-16+,31-30+. The lowest BCUT2D eigenvalue weighted by molar-refractivity contribution is -0.137. The summed E-state index contributed by atoms with van der Waals surface area (Å²) in [7, 11) is 1.69. The first-order valence-electron chi connectivity index (χ1n) is 18.5. The Morgan fingerprint density at radius 1 is 1.12 bits per heavy atom. The van der Waals surface area contributed by atoms with Crippen molar-refractivity contribution >= 4 is 35.1 Å². The van der Waals surface area contributed by atoms with E-state index >= 15 is 4.39 Å². The van der Waals surface area contributed by atoms with E-state index < -0.39 is 12.0 Å². The minimum atomic E-state index is -0.687. The van der Waals surface area contributed by atoms with Gasteiger partial charge in [-0.15, -0.1) is 0 Å². The molecule has 272 valence electrons. The first-order valence-corrected chi connectivity index (χ1v) is 18.5. The highest BCUT2D eigenvalue weighted by Gasteiger charge is 2.41. The third-order valence-corrected chi connectivity index (χ3v) is 10.8. The number of anilines is 1. The van der Waals surface area contributed by atoms with Crippen LogP contribution in [0.4, 0.5) is 10.1 Å². The predicted molar refractivity (Wildman–Crippen MR) is 194 cm³/mol. The van der Waals surface area contributed by atoms with E-state index in [0.29, 0.717) is 42.9 Å². The number of Topliss-reactive ketones (excluding diaryl/α,β-unsaturated/α-hetero) is 1. The zero-order chi connectivity index (χ0) is 36.1. The van der Waals surface area contributed by atoms with Gasteiger partial charge in [-0.05, 0) is 143 Å². The average molecular weight is 691 g/mol. The Morgan fingerprint density at radius 2 is 1.86 bits per heavy atom. The first-order chi connectivity index (χ1) is 24.0. The maximum Gasteiger partial charge on any atom is 0.249 e. The van der Waals surface area contributed by atoms with Crippen molar-refractivity contribution in [1.82, 2.24) is 16.0 Å². The molecule has 0 aromatic heterocycles. The van der Waals surface area contributed by atoms with Crippen molar-refractivity contribution in [1.29, 1.82) is 0 Å². The monoisotopic (exact) mass is 690 g/mol. The number of amides is 2. The number of hydrogen-bond acceptors (Lipinski definition) is 7. The fraction of sp³-hybridized carbons (Fsp3) is 0.600. The number of carbonyl (C=O) groups excluding carboxylic acids is 4. The molecule has 4 aliphatic rings. The Hall–Kier alpha value is -3.63. The van der Waals surface area contributed by atoms with E-state index in [9.17, 15) is 19.2 Å². The van der Waals surface area contributed by atoms with E-state index in [4.69, 9.17) is 4.74 Å². The Morgan fingerprint density at radius 3 is 2.46 bits per heavy atom. The van der Waals surface area contributed by atoms with Gasteiger partial charge in [0.05, 0.1) is 18.6 Å². The lowest BCUT2D eigenvalue weighted by Gasteiger charge is -2.41. The van der Waals surface area contributed by atoms with Crippen molar-refractivity contribution in [3.8, 4) is 0 Å². The molecule has 4 unspecified atom stereocenters. The van der Waals surface area contributed by atoms with E-state index in [2.05, 4.69) is 28.2 Å². The number of ketones is 1. The normalized spacial score (nSPS) is 21.8. The summed E-state index contributed by atoms with van der Waals surface area (Å²) in [5, 5.41) is 12.5. The molecule has 4 atom stereocenters. The maximum atomic E-state index is 15.5. The summed E-state index contributed by atoms with van der Waals surface area (Å²) in [4.78, 5) is 51.3. The first kappa shape index (κ1) is 37.6. The molecule has 1 aromatic rings. The summed E-state index contributed by atoms with van der Waals surface area (Å²) in [6, 6.07) is 0.921. The van der Waals surface area contributed by atoms with Gasteiger partial charge in [0, 0.05) is 17.2 Å². The largest absolute Gasteiger partial charge is 0.374 e. The van der Waals surface area contributed by atoms with Gasteiger partial charge in [0.2, 0.25) is 11.8 Å². The van der Waals surface area contributed by atoms with Crippen molar-refractivity contribution in [3.05, 3.63) is 56.9 Å². The highest BCUT2D eigenvalue weighted by atomic mass is 19.1. The van der Waals surface area contributed by atoms with Crippen LogP contribution in [0.2, 0.25) is 0 Å². The van der Waals surface area contributed by atoms with Crippen LogP contribution in [-0.2, 0) is 30.3 Å². The molecule has 1 aliphatic heterocycles. The van der Waals surface area contributed by atoms with Gasteiger partial charge in [0.15, 0.2) is 5.78 Å². The third-order valence-electron chi connectivity index (χ3n) is 10.8. The fourth-order valence-corrected chi connectivity index (χ4v) is 7.73. The second-order valence-electron chi connectivity index (χ2n) is 14.6. The molecule has 3 aliphatic carbocycles. The summed E-state index contributed by atoms with van der Waals surface area (Å²) < 4.78 is 21.4. The Bertz CT molecular complexity index is 1590. The van der Waals surface area contributed by atoms with Crippen LogP contribution < -0.4 is 21.3 Å². The van der Waals surface area contributed by atoms with Crippen molar-refractivity contribution < 1.29 is 28.3 Å². The highest BCUT2D eigenvalue weighted by Crippen LogP contribution is 2.47. The molecule has 1 aromatic carbocycles. The number of aldehydes is 1. The Labute approximate surface area is 296 Å². The summed E-state index contributed by atoms with van der Waals surface area (Å²) in [6.07, 6.45) is 10.3. The summed E-state index contributed by atoms with van der Waals surface area (Å²) in [6.45, 7) is 9.63. The molecule has 2 saturated carbocycles. The smallest absolute Gasteiger partial charge is 0.249 e. The number of benzene rings is 1. The molecule has 2 amide bonds. The zero-order valence-electron chi connectivity index (χ0n) is 30.6. The topological polar surface area (TPSA) is 126 Å². The number of halogens is 1. The van der Waals surface area contributed by atoms with Crippen LogP contribution in [0.15, 0.2) is 34.4 Å². The predicted octanol–water partition coefficient (Wildman–Crippen LogP) is 5.86. The quantitative estimate of drug-likeness (QED) is 0.0659. The number of carbonyl (C=O) groups is 4. The Kier molecular flexibility index (Phi) is 12.5. The number of allylic oxidation sites excluding steroid dienone is 3. The number of nitrogens with one attached hydrogen (secondary N) is 4. The molecule has 9 nitrogen and oxygen atoms in total. The van der Waals surface area contributed by atoms with E-state index in [-0.39, 0.29) is 54.7 Å². The summed E-state index contributed by atoms with van der Waals surface area (Å²) >= 11 is 0. The second-order valence-corrected chi connectivity index (χ2v) is 14.6. The average Bonchev–Trinajstić information content (AvgIpc) is 4.02. The maximum absolute atomic E-state index is 15.5. The lowest BCUT2D eigenvalue weighted by atomic mass is 9.73. The van der Waals surface area contributed by atoms with Gasteiger partial charge in [0.25, 0.3) is 0 Å². The molecule has 0 saturated heterocycles. The van der Waals surface area contributed by atoms with Gasteiger partial charge in [-0.1, -0.05) is 26.3 Å². The van der Waals surface area contributed by atoms with E-state index in [1.165, 1.54) is 0 Å². The minimum absolute atomic E-state index is 0.00314. The van der Waals surface area contributed by atoms with Gasteiger partial charge < -0.3 is 30.8 Å². The van der Waals surface area contributed by atoms with Gasteiger partial charge >= 0.3 is 0 Å². The van der Waals surface area contributed by atoms with Gasteiger partial charge in [-0.25, -0.2) is 4.39 Å². The molecule has 1 heterocycles. The van der Waals surface area contributed by atoms with Crippen LogP contribution in [0.5, 0.6) is 0 Å². The zero-order valence-corrected chi connectivity index (χ0v) is 30.6. The van der Waals surface area contributed by atoms with Crippen LogP contribution in [-0.4, -0.2) is 62.4 Å². The molecule has 0 bridgehead atoms. The molecule has 10 heteroatoms. The SMILES string of the molecule is CCCC1=C2c3c(cc(F)c(C)c3CCC2NC(=O)C(OCNC(=O)CNC)C2CC2)NC1/C(C)=C/C(=C(/CC1CC1)C(C)=O)C(C=O)CC. The van der Waals surface area contributed by atoms with E-state index in [1.54, 1.807) is 20.0 Å². The molecule has 50 heavy (non-hydrogen) atoms. The number of rotatable bonds is 18. The van der Waals surface area contributed by atoms with E-state index in [0.717, 1.165) is 83.8 Å². The van der Waals surface area contributed by atoms with Crippen LogP contribution in [0, 0.1) is 30.5 Å². The fourth-order valence-electron chi connectivity index (χ4n) is 7.73. The molecular weight excluding hydrogens is 635 g/mol.